The highest BCUT2D eigenvalue weighted by Crippen LogP contribution is 2.18. The summed E-state index contributed by atoms with van der Waals surface area (Å²) in [6, 6.07) is 9.47. The van der Waals surface area contributed by atoms with Gasteiger partial charge in [-0.2, -0.15) is 4.98 Å². The summed E-state index contributed by atoms with van der Waals surface area (Å²) < 4.78 is 5.26. The zero-order chi connectivity index (χ0) is 15.2. The number of nitrogens with two attached hydrogens (primary N) is 1. The van der Waals surface area contributed by atoms with Crippen molar-refractivity contribution in [2.24, 2.45) is 5.73 Å². The Labute approximate surface area is 123 Å². The summed E-state index contributed by atoms with van der Waals surface area (Å²) in [7, 11) is 0. The summed E-state index contributed by atoms with van der Waals surface area (Å²) >= 11 is 0. The van der Waals surface area contributed by atoms with E-state index in [-0.39, 0.29) is 17.9 Å². The molecule has 0 saturated carbocycles. The largest absolute Gasteiger partial charge is 0.355 e. The monoisotopic (exact) mass is 288 g/mol. The molecule has 0 saturated heterocycles. The molecule has 1 heterocycles. The Balaban J connectivity index is 1.93. The van der Waals surface area contributed by atoms with Gasteiger partial charge in [-0.3, -0.25) is 4.79 Å². The van der Waals surface area contributed by atoms with Gasteiger partial charge >= 0.3 is 0 Å². The maximum atomic E-state index is 11.6. The van der Waals surface area contributed by atoms with Crippen LogP contribution in [0.25, 0.3) is 11.4 Å². The maximum absolute atomic E-state index is 11.6. The van der Waals surface area contributed by atoms with Crippen molar-refractivity contribution in [1.29, 1.82) is 0 Å². The molecule has 1 aromatic carbocycles. The molecule has 0 spiro atoms. The zero-order valence-electron chi connectivity index (χ0n) is 12.2. The van der Waals surface area contributed by atoms with E-state index in [0.717, 1.165) is 5.56 Å². The molecule has 1 aromatic heterocycles. The molecule has 1 amide bonds. The highest BCUT2D eigenvalue weighted by Gasteiger charge is 2.16. The molecule has 6 heteroatoms. The fourth-order valence-electron chi connectivity index (χ4n) is 1.86. The Morgan fingerprint density at radius 3 is 2.71 bits per heavy atom. The molecule has 0 aliphatic rings. The van der Waals surface area contributed by atoms with Gasteiger partial charge in [0.15, 0.2) is 0 Å². The number of benzene rings is 1. The summed E-state index contributed by atoms with van der Waals surface area (Å²) in [5, 5.41) is 6.78. The van der Waals surface area contributed by atoms with Crippen LogP contribution in [0.3, 0.4) is 0 Å². The van der Waals surface area contributed by atoms with Gasteiger partial charge in [-0.1, -0.05) is 42.4 Å². The van der Waals surface area contributed by atoms with E-state index in [2.05, 4.69) is 15.5 Å². The van der Waals surface area contributed by atoms with Gasteiger partial charge in [0.1, 0.15) is 0 Å². The smallest absolute Gasteiger partial charge is 0.231 e. The quantitative estimate of drug-likeness (QED) is 0.843. The van der Waals surface area contributed by atoms with Crippen molar-refractivity contribution >= 4 is 5.91 Å². The van der Waals surface area contributed by atoms with E-state index in [1.165, 1.54) is 0 Å². The van der Waals surface area contributed by atoms with Crippen molar-refractivity contribution in [3.05, 3.63) is 36.2 Å². The lowest BCUT2D eigenvalue weighted by molar-refractivity contribution is -0.121. The van der Waals surface area contributed by atoms with Crippen LogP contribution in [-0.4, -0.2) is 28.6 Å². The normalized spacial score (nSPS) is 13.7. The first-order chi connectivity index (χ1) is 10.1. The molecule has 6 nitrogen and oxygen atoms in total. The average Bonchev–Trinajstić information content (AvgIpc) is 2.95. The van der Waals surface area contributed by atoms with Crippen LogP contribution in [0.1, 0.15) is 32.1 Å². The van der Waals surface area contributed by atoms with Crippen LogP contribution in [0.2, 0.25) is 0 Å². The first-order valence-corrected chi connectivity index (χ1v) is 6.97. The molecule has 2 atom stereocenters. The van der Waals surface area contributed by atoms with Gasteiger partial charge in [0.05, 0.1) is 5.92 Å². The van der Waals surface area contributed by atoms with Gasteiger partial charge in [0.25, 0.3) is 0 Å². The lowest BCUT2D eigenvalue weighted by Crippen LogP contribution is -2.32. The molecule has 2 rings (SSSR count). The van der Waals surface area contributed by atoms with Crippen molar-refractivity contribution in [2.45, 2.75) is 32.2 Å². The van der Waals surface area contributed by atoms with E-state index < -0.39 is 0 Å². The number of nitrogens with zero attached hydrogens (tertiary/aromatic N) is 2. The van der Waals surface area contributed by atoms with Gasteiger partial charge in [0, 0.05) is 24.6 Å². The third kappa shape index (κ3) is 4.39. The minimum Gasteiger partial charge on any atom is -0.355 e. The van der Waals surface area contributed by atoms with Gasteiger partial charge in [-0.25, -0.2) is 0 Å². The highest BCUT2D eigenvalue weighted by atomic mass is 16.5. The number of aromatic nitrogens is 2. The second kappa shape index (κ2) is 6.99. The van der Waals surface area contributed by atoms with Gasteiger partial charge in [0.2, 0.25) is 17.6 Å². The predicted octanol–water partition coefficient (Wildman–Crippen LogP) is 1.69. The number of amides is 1. The number of carbonyl (C=O) groups excluding carboxylic acids is 1. The zero-order valence-corrected chi connectivity index (χ0v) is 12.2. The van der Waals surface area contributed by atoms with Crippen LogP contribution in [-0.2, 0) is 4.79 Å². The summed E-state index contributed by atoms with van der Waals surface area (Å²) in [5.41, 5.74) is 6.48. The first-order valence-electron chi connectivity index (χ1n) is 6.97. The number of rotatable bonds is 6. The van der Waals surface area contributed by atoms with E-state index in [9.17, 15) is 4.79 Å². The first kappa shape index (κ1) is 15.2. The van der Waals surface area contributed by atoms with E-state index in [0.29, 0.717) is 24.7 Å². The number of nitrogens with one attached hydrogen (secondary N) is 1. The topological polar surface area (TPSA) is 94.0 Å². The molecular weight excluding hydrogens is 268 g/mol. The molecule has 0 fully saturated rings. The Morgan fingerprint density at radius 2 is 2.05 bits per heavy atom. The Morgan fingerprint density at radius 1 is 1.33 bits per heavy atom. The summed E-state index contributed by atoms with van der Waals surface area (Å²) in [4.78, 5) is 15.9. The Bertz CT molecular complexity index is 580. The van der Waals surface area contributed by atoms with Crippen LogP contribution < -0.4 is 11.1 Å². The van der Waals surface area contributed by atoms with Crippen molar-refractivity contribution in [1.82, 2.24) is 15.5 Å². The predicted molar refractivity (Wildman–Crippen MR) is 79.4 cm³/mol. The fourth-order valence-corrected chi connectivity index (χ4v) is 1.86. The number of hydrogen-bond donors (Lipinski definition) is 2. The van der Waals surface area contributed by atoms with Gasteiger partial charge in [-0.15, -0.1) is 0 Å². The van der Waals surface area contributed by atoms with Crippen molar-refractivity contribution in [3.63, 3.8) is 0 Å². The third-order valence-corrected chi connectivity index (χ3v) is 3.01. The molecule has 2 aromatic rings. The van der Waals surface area contributed by atoms with Crippen LogP contribution >= 0.6 is 0 Å². The molecule has 0 aliphatic heterocycles. The van der Waals surface area contributed by atoms with E-state index in [1.807, 2.05) is 37.3 Å². The minimum atomic E-state index is -0.145. The summed E-state index contributed by atoms with van der Waals surface area (Å²) in [6.07, 6.45) is 0.311. The van der Waals surface area contributed by atoms with Crippen molar-refractivity contribution in [2.75, 3.05) is 6.54 Å². The number of carbonyl (C=O) groups is 1. The van der Waals surface area contributed by atoms with Gasteiger partial charge in [-0.05, 0) is 6.92 Å². The second-order valence-corrected chi connectivity index (χ2v) is 5.21. The van der Waals surface area contributed by atoms with E-state index in [1.54, 1.807) is 6.92 Å². The molecule has 2 unspecified atom stereocenters. The third-order valence-electron chi connectivity index (χ3n) is 3.01. The molecule has 3 N–H and O–H groups in total. The molecule has 112 valence electrons. The Hall–Kier alpha value is -2.21. The molecule has 0 bridgehead atoms. The van der Waals surface area contributed by atoms with Crippen LogP contribution in [0.5, 0.6) is 0 Å². The molecular formula is C15H20N4O2. The fraction of sp³-hybridized carbons (Fsp3) is 0.400. The summed E-state index contributed by atoms with van der Waals surface area (Å²) in [5.74, 6) is 0.945. The molecule has 0 aliphatic carbocycles. The highest BCUT2D eigenvalue weighted by molar-refractivity contribution is 5.76. The number of hydrogen-bond acceptors (Lipinski definition) is 5. The molecule has 21 heavy (non-hydrogen) atoms. The van der Waals surface area contributed by atoms with Crippen LogP contribution in [0, 0.1) is 0 Å². The van der Waals surface area contributed by atoms with Crippen molar-refractivity contribution < 1.29 is 9.32 Å². The van der Waals surface area contributed by atoms with E-state index >= 15 is 0 Å². The average molecular weight is 288 g/mol. The second-order valence-electron chi connectivity index (χ2n) is 5.21. The lowest BCUT2D eigenvalue weighted by Gasteiger charge is -2.09. The minimum absolute atomic E-state index is 0.0491. The Kier molecular flexibility index (Phi) is 5.05. The van der Waals surface area contributed by atoms with Crippen LogP contribution in [0.15, 0.2) is 34.9 Å². The standard InChI is InChI=1S/C15H20N4O2/c1-10(9-17-13(20)8-11(2)16)15-18-14(19-21-15)12-6-4-3-5-7-12/h3-7,10-11H,8-9,16H2,1-2H3,(H,17,20). The van der Waals surface area contributed by atoms with Crippen molar-refractivity contribution in [3.8, 4) is 11.4 Å². The van der Waals surface area contributed by atoms with Gasteiger partial charge < -0.3 is 15.6 Å². The molecule has 0 radical (unpaired) electrons. The lowest BCUT2D eigenvalue weighted by atomic mass is 10.1. The maximum Gasteiger partial charge on any atom is 0.231 e. The summed E-state index contributed by atoms with van der Waals surface area (Å²) in [6.45, 7) is 4.17. The van der Waals surface area contributed by atoms with E-state index in [4.69, 9.17) is 10.3 Å². The SMILES string of the molecule is CC(N)CC(=O)NCC(C)c1nc(-c2ccccc2)no1. The van der Waals surface area contributed by atoms with Crippen LogP contribution in [0.4, 0.5) is 0 Å².